The van der Waals surface area contributed by atoms with Crippen LogP contribution in [0.3, 0.4) is 0 Å². The summed E-state index contributed by atoms with van der Waals surface area (Å²) in [5.41, 5.74) is 8.49. The van der Waals surface area contributed by atoms with E-state index in [1.807, 2.05) is 0 Å². The van der Waals surface area contributed by atoms with Gasteiger partial charge < -0.3 is 34.0 Å². The van der Waals surface area contributed by atoms with Gasteiger partial charge in [-0.25, -0.2) is 12.1 Å². The third-order valence-electron chi connectivity index (χ3n) is 4.11. The van der Waals surface area contributed by atoms with E-state index in [2.05, 4.69) is 79.7 Å². The zero-order valence-electron chi connectivity index (χ0n) is 16.6. The molecule has 2 aromatic rings. The van der Waals surface area contributed by atoms with Crippen LogP contribution in [0, 0.1) is 41.5 Å². The van der Waals surface area contributed by atoms with Gasteiger partial charge in [-0.05, 0) is 0 Å². The Balaban J connectivity index is -0.000000121. The zero-order chi connectivity index (χ0) is 16.4. The average molecular weight is 553 g/mol. The maximum atomic E-state index is 2.25. The minimum Gasteiger partial charge on any atom is -1.00 e. The SMILES string of the molecule is CC[SiH]CC.Cc1cc[c-](C)c1C.Cc1cc[c-](C)c1C.[Br-].[Br-].[Zr+4]. The smallest absolute Gasteiger partial charge is 1.00 e. The third kappa shape index (κ3) is 13.0. The molecular formula is C20H33Br2SiZr. The van der Waals surface area contributed by atoms with E-state index in [4.69, 9.17) is 0 Å². The van der Waals surface area contributed by atoms with Crippen molar-refractivity contribution in [3.05, 3.63) is 57.6 Å². The van der Waals surface area contributed by atoms with Crippen molar-refractivity contribution in [2.24, 2.45) is 0 Å². The first-order valence-corrected chi connectivity index (χ1v) is 9.69. The van der Waals surface area contributed by atoms with Crippen molar-refractivity contribution in [2.45, 2.75) is 67.5 Å². The molecule has 0 amide bonds. The Morgan fingerprint density at radius 3 is 1.08 bits per heavy atom. The standard InChI is InChI=1S/2C8H11.C4H11Si.2BrH.Zr/c2*1-6-4-5-7(2)8(6)3;1-3-5-4-2;;;/h2*4-5H,1-3H3;5H,3-4H2,1-2H3;2*1H;/q2*-1;;;;+4/p-2. The summed E-state index contributed by atoms with van der Waals surface area (Å²) in [7, 11) is 0.815. The van der Waals surface area contributed by atoms with Gasteiger partial charge in [0.1, 0.15) is 0 Å². The van der Waals surface area contributed by atoms with Crippen molar-refractivity contribution in [1.82, 2.24) is 0 Å². The number of halogens is 2. The molecule has 0 saturated carbocycles. The summed E-state index contributed by atoms with van der Waals surface area (Å²) < 4.78 is 0. The molecule has 0 N–H and O–H groups in total. The molecular weight excluding hydrogens is 519 g/mol. The summed E-state index contributed by atoms with van der Waals surface area (Å²) in [4.78, 5) is 0. The van der Waals surface area contributed by atoms with Crippen molar-refractivity contribution in [3.8, 4) is 0 Å². The number of hydrogen-bond acceptors (Lipinski definition) is 0. The number of hydrogen-bond donors (Lipinski definition) is 0. The molecule has 0 saturated heterocycles. The predicted molar refractivity (Wildman–Crippen MR) is 101 cm³/mol. The van der Waals surface area contributed by atoms with Gasteiger partial charge in [0.05, 0.1) is 0 Å². The van der Waals surface area contributed by atoms with Crippen molar-refractivity contribution in [1.29, 1.82) is 0 Å². The topological polar surface area (TPSA) is 0 Å². The Labute approximate surface area is 193 Å². The van der Waals surface area contributed by atoms with E-state index in [1.54, 1.807) is 0 Å². The fraction of sp³-hybridized carbons (Fsp3) is 0.500. The Hall–Kier alpha value is 0.760. The summed E-state index contributed by atoms with van der Waals surface area (Å²) in [6.07, 6.45) is 0. The van der Waals surface area contributed by atoms with E-state index >= 15 is 0 Å². The van der Waals surface area contributed by atoms with Gasteiger partial charge in [-0.3, -0.25) is 0 Å². The molecule has 0 aromatic heterocycles. The van der Waals surface area contributed by atoms with Crippen molar-refractivity contribution in [3.63, 3.8) is 0 Å². The Morgan fingerprint density at radius 1 is 0.750 bits per heavy atom. The van der Waals surface area contributed by atoms with Gasteiger partial charge in [0.25, 0.3) is 0 Å². The van der Waals surface area contributed by atoms with E-state index in [9.17, 15) is 0 Å². The first kappa shape index (κ1) is 32.4. The predicted octanol–water partition coefficient (Wildman–Crippen LogP) is -0.0337. The molecule has 0 heterocycles. The van der Waals surface area contributed by atoms with E-state index < -0.39 is 0 Å². The summed E-state index contributed by atoms with van der Waals surface area (Å²) in [6.45, 7) is 17.4. The van der Waals surface area contributed by atoms with Crippen LogP contribution in [0.4, 0.5) is 0 Å². The first-order valence-electron chi connectivity index (χ1n) is 8.05. The fourth-order valence-electron chi connectivity index (χ4n) is 1.91. The van der Waals surface area contributed by atoms with Gasteiger partial charge in [-0.2, -0.15) is 45.5 Å². The van der Waals surface area contributed by atoms with Gasteiger partial charge in [0.15, 0.2) is 0 Å². The normalized spacial score (nSPS) is 8.33. The van der Waals surface area contributed by atoms with E-state index in [0.717, 1.165) is 9.52 Å². The van der Waals surface area contributed by atoms with Crippen LogP contribution in [0.1, 0.15) is 47.2 Å². The van der Waals surface area contributed by atoms with Crippen LogP contribution in [0.5, 0.6) is 0 Å². The molecule has 0 nitrogen and oxygen atoms in total. The summed E-state index contributed by atoms with van der Waals surface area (Å²) >= 11 is 0. The van der Waals surface area contributed by atoms with Crippen LogP contribution in [0.25, 0.3) is 0 Å². The van der Waals surface area contributed by atoms with E-state index in [-0.39, 0.29) is 60.2 Å². The third-order valence-corrected chi connectivity index (χ3v) is 5.26. The molecule has 0 aliphatic carbocycles. The van der Waals surface area contributed by atoms with Crippen LogP contribution in [0.2, 0.25) is 12.1 Å². The van der Waals surface area contributed by atoms with Crippen molar-refractivity contribution < 1.29 is 60.2 Å². The molecule has 24 heavy (non-hydrogen) atoms. The number of rotatable bonds is 2. The van der Waals surface area contributed by atoms with Gasteiger partial charge in [-0.15, -0.1) is 0 Å². The van der Waals surface area contributed by atoms with Gasteiger partial charge in [0.2, 0.25) is 0 Å². The quantitative estimate of drug-likeness (QED) is 0.363. The van der Waals surface area contributed by atoms with Crippen molar-refractivity contribution in [2.75, 3.05) is 0 Å². The van der Waals surface area contributed by atoms with Gasteiger partial charge in [0, 0.05) is 9.52 Å². The fourth-order valence-corrected chi connectivity index (χ4v) is 2.49. The molecule has 0 atom stereocenters. The second-order valence-corrected chi connectivity index (χ2v) is 7.96. The molecule has 0 fully saturated rings. The molecule has 2 aromatic carbocycles. The molecule has 0 aliphatic rings. The maximum Gasteiger partial charge on any atom is 4.00 e. The average Bonchev–Trinajstić information content (AvgIpc) is 2.92. The molecule has 4 heteroatoms. The molecule has 0 aliphatic heterocycles. The van der Waals surface area contributed by atoms with Crippen LogP contribution in [0.15, 0.2) is 24.3 Å². The van der Waals surface area contributed by atoms with Crippen LogP contribution >= 0.6 is 0 Å². The Bertz CT molecular complexity index is 430. The second-order valence-electron chi connectivity index (χ2n) is 5.75. The van der Waals surface area contributed by atoms with E-state index in [1.165, 1.54) is 45.5 Å². The molecule has 0 bridgehead atoms. The molecule has 135 valence electrons. The van der Waals surface area contributed by atoms with Crippen LogP contribution in [-0.4, -0.2) is 9.52 Å². The molecule has 1 radical (unpaired) electrons. The first-order chi connectivity index (χ1) is 9.84. The zero-order valence-corrected chi connectivity index (χ0v) is 23.3. The summed E-state index contributed by atoms with van der Waals surface area (Å²) in [5.74, 6) is 0. The largest absolute Gasteiger partial charge is 4.00 e. The minimum atomic E-state index is 0. The van der Waals surface area contributed by atoms with Crippen LogP contribution < -0.4 is 34.0 Å². The Morgan fingerprint density at radius 2 is 1.04 bits per heavy atom. The molecule has 0 spiro atoms. The molecule has 2 rings (SSSR count). The Kier molecular flexibility index (Phi) is 25.1. The monoisotopic (exact) mass is 549 g/mol. The van der Waals surface area contributed by atoms with Gasteiger partial charge >= 0.3 is 26.2 Å². The second kappa shape index (κ2) is 18.5. The maximum absolute atomic E-state index is 2.25. The summed E-state index contributed by atoms with van der Waals surface area (Å²) in [5, 5.41) is 0. The summed E-state index contributed by atoms with van der Waals surface area (Å²) in [6, 6.07) is 11.5. The van der Waals surface area contributed by atoms with Crippen molar-refractivity contribution >= 4 is 9.52 Å². The van der Waals surface area contributed by atoms with E-state index in [0.29, 0.717) is 0 Å². The minimum absolute atomic E-state index is 0. The van der Waals surface area contributed by atoms with Gasteiger partial charge in [-0.1, -0.05) is 67.5 Å². The molecule has 0 unspecified atom stereocenters. The number of aryl methyl sites for hydroxylation is 4. The van der Waals surface area contributed by atoms with Crippen LogP contribution in [-0.2, 0) is 26.2 Å².